The van der Waals surface area contributed by atoms with Crippen LogP contribution < -0.4 is 4.74 Å². The fourth-order valence-corrected chi connectivity index (χ4v) is 0.882. The molecule has 0 radical (unpaired) electrons. The third kappa shape index (κ3) is 1.77. The van der Waals surface area contributed by atoms with Crippen LogP contribution in [0.4, 0.5) is 0 Å². The number of esters is 1. The third-order valence-corrected chi connectivity index (χ3v) is 1.49. The fourth-order valence-electron chi connectivity index (χ4n) is 0.882. The summed E-state index contributed by atoms with van der Waals surface area (Å²) >= 11 is 0. The van der Waals surface area contributed by atoms with Gasteiger partial charge in [-0.25, -0.2) is 4.79 Å². The molecule has 0 fully saturated rings. The number of hydrogen-bond acceptors (Lipinski definition) is 5. The number of carbonyl (C=O) groups is 1. The summed E-state index contributed by atoms with van der Waals surface area (Å²) in [4.78, 5) is 18.8. The Morgan fingerprint density at radius 2 is 2.36 bits per heavy atom. The van der Waals surface area contributed by atoms with Crippen molar-refractivity contribution in [3.8, 4) is 6.08 Å². The number of carbonyl (C=O) groups excluding carboxylic acids is 1. The molecule has 0 unspecified atom stereocenters. The summed E-state index contributed by atoms with van der Waals surface area (Å²) in [7, 11) is 0. The molecule has 0 aliphatic rings. The number of oxazole rings is 1. The third-order valence-electron chi connectivity index (χ3n) is 1.49. The molecule has 5 nitrogen and oxygen atoms in total. The van der Waals surface area contributed by atoms with Crippen molar-refractivity contribution in [3.05, 3.63) is 42.5 Å². The van der Waals surface area contributed by atoms with Gasteiger partial charge in [0.05, 0.1) is 11.8 Å². The first-order valence-electron chi connectivity index (χ1n) is 3.88. The molecule has 0 saturated heterocycles. The van der Waals surface area contributed by atoms with Gasteiger partial charge in [0.25, 0.3) is 0 Å². The molecule has 0 spiro atoms. The zero-order valence-corrected chi connectivity index (χ0v) is 7.08. The quantitative estimate of drug-likeness (QED) is 0.667. The van der Waals surface area contributed by atoms with Gasteiger partial charge in [0.15, 0.2) is 0 Å². The van der Waals surface area contributed by atoms with Crippen LogP contribution in [0.1, 0.15) is 10.4 Å². The van der Waals surface area contributed by atoms with E-state index in [9.17, 15) is 4.79 Å². The second kappa shape index (κ2) is 3.69. The summed E-state index contributed by atoms with van der Waals surface area (Å²) in [6.45, 7) is 0. The van der Waals surface area contributed by atoms with Gasteiger partial charge in [-0.2, -0.15) is 4.98 Å². The van der Waals surface area contributed by atoms with E-state index in [2.05, 4.69) is 9.97 Å². The smallest absolute Gasteiger partial charge is 0.401 e. The zero-order valence-electron chi connectivity index (χ0n) is 7.08. The number of nitrogens with zero attached hydrogens (tertiary/aromatic N) is 2. The lowest BCUT2D eigenvalue weighted by Crippen LogP contribution is -2.08. The zero-order chi connectivity index (χ0) is 9.80. The van der Waals surface area contributed by atoms with Crippen molar-refractivity contribution in [2.45, 2.75) is 0 Å². The van der Waals surface area contributed by atoms with E-state index >= 15 is 0 Å². The topological polar surface area (TPSA) is 65.2 Å². The van der Waals surface area contributed by atoms with Crippen molar-refractivity contribution in [2.24, 2.45) is 0 Å². The molecular weight excluding hydrogens is 184 g/mol. The molecule has 14 heavy (non-hydrogen) atoms. The summed E-state index contributed by atoms with van der Waals surface area (Å²) in [5.74, 6) is -0.541. The maximum atomic E-state index is 11.3. The standard InChI is InChI=1S/C9H6N2O3/c12-8(7-2-1-3-10-6-7)14-9-11-4-5-13-9/h1-6H. The number of aromatic nitrogens is 2. The molecule has 2 rings (SSSR count). The molecule has 0 aliphatic carbocycles. The van der Waals surface area contributed by atoms with Crippen LogP contribution in [0, 0.1) is 0 Å². The molecule has 2 aromatic rings. The van der Waals surface area contributed by atoms with E-state index in [0.29, 0.717) is 5.56 Å². The molecule has 70 valence electrons. The van der Waals surface area contributed by atoms with Gasteiger partial charge < -0.3 is 9.15 Å². The van der Waals surface area contributed by atoms with Crippen LogP contribution >= 0.6 is 0 Å². The van der Waals surface area contributed by atoms with Crippen molar-refractivity contribution in [2.75, 3.05) is 0 Å². The van der Waals surface area contributed by atoms with E-state index in [-0.39, 0.29) is 6.08 Å². The van der Waals surface area contributed by atoms with Gasteiger partial charge >= 0.3 is 12.0 Å². The van der Waals surface area contributed by atoms with Crippen molar-refractivity contribution in [1.29, 1.82) is 0 Å². The first-order chi connectivity index (χ1) is 6.86. The Bertz CT molecular complexity index is 411. The second-order valence-electron chi connectivity index (χ2n) is 2.43. The highest BCUT2D eigenvalue weighted by Gasteiger charge is 2.10. The Balaban J connectivity index is 2.11. The number of pyridine rings is 1. The molecule has 2 heterocycles. The molecule has 0 aromatic carbocycles. The average Bonchev–Trinajstić information content (AvgIpc) is 2.72. The Morgan fingerprint density at radius 3 is 3.00 bits per heavy atom. The van der Waals surface area contributed by atoms with Crippen LogP contribution in [0.2, 0.25) is 0 Å². The van der Waals surface area contributed by atoms with Gasteiger partial charge in [-0.15, -0.1) is 0 Å². The highest BCUT2D eigenvalue weighted by Crippen LogP contribution is 2.07. The Kier molecular flexibility index (Phi) is 2.22. The van der Waals surface area contributed by atoms with Gasteiger partial charge in [-0.3, -0.25) is 4.98 Å². The number of ether oxygens (including phenoxy) is 1. The van der Waals surface area contributed by atoms with Gasteiger partial charge in [0.1, 0.15) is 6.26 Å². The lowest BCUT2D eigenvalue weighted by atomic mass is 10.3. The van der Waals surface area contributed by atoms with Crippen LogP contribution in [0.5, 0.6) is 6.08 Å². The molecule has 0 N–H and O–H groups in total. The minimum absolute atomic E-state index is 0.0705. The molecule has 0 bridgehead atoms. The first kappa shape index (κ1) is 8.43. The average molecular weight is 190 g/mol. The van der Waals surface area contributed by atoms with Gasteiger partial charge in [0.2, 0.25) is 0 Å². The summed E-state index contributed by atoms with van der Waals surface area (Å²) in [6.07, 6.45) is 5.63. The largest absolute Gasteiger partial charge is 0.417 e. The normalized spacial score (nSPS) is 9.71. The monoisotopic (exact) mass is 190 g/mol. The minimum Gasteiger partial charge on any atom is -0.417 e. The van der Waals surface area contributed by atoms with Gasteiger partial charge in [0, 0.05) is 12.4 Å². The van der Waals surface area contributed by atoms with E-state index < -0.39 is 5.97 Å². The van der Waals surface area contributed by atoms with Crippen LogP contribution in [0.3, 0.4) is 0 Å². The van der Waals surface area contributed by atoms with E-state index in [4.69, 9.17) is 9.15 Å². The van der Waals surface area contributed by atoms with Gasteiger partial charge in [-0.1, -0.05) is 0 Å². The molecular formula is C9H6N2O3. The van der Waals surface area contributed by atoms with Crippen LogP contribution in [0.15, 0.2) is 41.4 Å². The lowest BCUT2D eigenvalue weighted by molar-refractivity contribution is 0.0682. The second-order valence-corrected chi connectivity index (χ2v) is 2.43. The van der Waals surface area contributed by atoms with Gasteiger partial charge in [-0.05, 0) is 12.1 Å². The van der Waals surface area contributed by atoms with Crippen LogP contribution in [-0.4, -0.2) is 15.9 Å². The van der Waals surface area contributed by atoms with Crippen LogP contribution in [0.25, 0.3) is 0 Å². The predicted molar refractivity (Wildman–Crippen MR) is 45.7 cm³/mol. The van der Waals surface area contributed by atoms with Crippen molar-refractivity contribution in [3.63, 3.8) is 0 Å². The SMILES string of the molecule is O=C(Oc1ncco1)c1cccnc1. The van der Waals surface area contributed by atoms with Crippen molar-refractivity contribution < 1.29 is 13.9 Å². The molecule has 0 saturated carbocycles. The van der Waals surface area contributed by atoms with Crippen molar-refractivity contribution in [1.82, 2.24) is 9.97 Å². The Labute approximate surface area is 79.4 Å². The Hall–Kier alpha value is -2.17. The van der Waals surface area contributed by atoms with E-state index in [1.807, 2.05) is 0 Å². The first-order valence-corrected chi connectivity index (χ1v) is 3.88. The number of rotatable bonds is 2. The predicted octanol–water partition coefficient (Wildman–Crippen LogP) is 1.29. The molecule has 5 heteroatoms. The van der Waals surface area contributed by atoms with E-state index in [0.717, 1.165) is 0 Å². The fraction of sp³-hybridized carbons (Fsp3) is 0. The Morgan fingerprint density at radius 1 is 1.43 bits per heavy atom. The molecule has 0 amide bonds. The minimum atomic E-state index is -0.541. The lowest BCUT2D eigenvalue weighted by Gasteiger charge is -1.97. The summed E-state index contributed by atoms with van der Waals surface area (Å²) in [5.41, 5.74) is 0.353. The molecule has 0 atom stereocenters. The maximum Gasteiger partial charge on any atom is 0.401 e. The summed E-state index contributed by atoms with van der Waals surface area (Å²) in [6, 6.07) is 3.24. The van der Waals surface area contributed by atoms with E-state index in [1.165, 1.54) is 18.7 Å². The highest BCUT2D eigenvalue weighted by molar-refractivity contribution is 5.90. The summed E-state index contributed by atoms with van der Waals surface area (Å²) in [5, 5.41) is 0. The highest BCUT2D eigenvalue weighted by atomic mass is 16.6. The molecule has 0 aliphatic heterocycles. The van der Waals surface area contributed by atoms with Crippen molar-refractivity contribution >= 4 is 5.97 Å². The number of hydrogen-bond donors (Lipinski definition) is 0. The maximum absolute atomic E-state index is 11.3. The molecule has 2 aromatic heterocycles. The van der Waals surface area contributed by atoms with E-state index in [1.54, 1.807) is 18.3 Å². The van der Waals surface area contributed by atoms with Crippen LogP contribution in [-0.2, 0) is 0 Å². The summed E-state index contributed by atoms with van der Waals surface area (Å²) < 4.78 is 9.53.